The predicted molar refractivity (Wildman–Crippen MR) is 83.1 cm³/mol. The first-order valence-electron chi connectivity index (χ1n) is 6.03. The number of methoxy groups -OCH3 is 3. The molecule has 110 valence electrons. The van der Waals surface area contributed by atoms with Crippen molar-refractivity contribution >= 4 is 23.5 Å². The zero-order valence-electron chi connectivity index (χ0n) is 12.0. The molecule has 0 spiro atoms. The van der Waals surface area contributed by atoms with Gasteiger partial charge in [-0.15, -0.1) is 0 Å². The molecule has 0 aliphatic carbocycles. The smallest absolute Gasteiger partial charge is 0.203 e. The van der Waals surface area contributed by atoms with Gasteiger partial charge in [0, 0.05) is 12.1 Å². The van der Waals surface area contributed by atoms with Crippen LogP contribution in [0, 0.1) is 0 Å². The maximum Gasteiger partial charge on any atom is 0.203 e. The Balaban J connectivity index is 2.95. The Hall–Kier alpha value is -2.02. The van der Waals surface area contributed by atoms with Crippen LogP contribution in [0.3, 0.4) is 0 Å². The minimum absolute atomic E-state index is 0.461. The zero-order chi connectivity index (χ0) is 15.0. The lowest BCUT2D eigenvalue weighted by atomic mass is 10.2. The van der Waals surface area contributed by atoms with E-state index in [9.17, 15) is 0 Å². The molecule has 7 heteroatoms. The Labute approximate surface area is 124 Å². The molecule has 0 fully saturated rings. The zero-order valence-corrected chi connectivity index (χ0v) is 12.8. The van der Waals surface area contributed by atoms with Crippen LogP contribution in [-0.4, -0.2) is 39.2 Å². The van der Waals surface area contributed by atoms with Gasteiger partial charge in [0.2, 0.25) is 5.75 Å². The monoisotopic (exact) mass is 297 g/mol. The fraction of sp³-hybridized carbons (Fsp3) is 0.385. The van der Waals surface area contributed by atoms with Crippen molar-refractivity contribution in [3.05, 3.63) is 17.7 Å². The number of rotatable bonds is 6. The fourth-order valence-corrected chi connectivity index (χ4v) is 1.78. The highest BCUT2D eigenvalue weighted by atomic mass is 32.1. The molecule has 0 radical (unpaired) electrons. The predicted octanol–water partition coefficient (Wildman–Crippen LogP) is 1.53. The number of thiocarbonyl (C=S) groups is 1. The van der Waals surface area contributed by atoms with Crippen LogP contribution in [0.2, 0.25) is 0 Å². The molecule has 0 atom stereocenters. The molecule has 2 N–H and O–H groups in total. The summed E-state index contributed by atoms with van der Waals surface area (Å²) in [6.45, 7) is 2.69. The highest BCUT2D eigenvalue weighted by Gasteiger charge is 2.14. The summed E-state index contributed by atoms with van der Waals surface area (Å²) in [5, 5.41) is 7.44. The summed E-state index contributed by atoms with van der Waals surface area (Å²) in [5.74, 6) is 1.66. The lowest BCUT2D eigenvalue weighted by molar-refractivity contribution is 0.324. The van der Waals surface area contributed by atoms with E-state index >= 15 is 0 Å². The molecule has 0 aliphatic heterocycles. The van der Waals surface area contributed by atoms with Crippen LogP contribution in [0.4, 0.5) is 0 Å². The molecule has 0 aliphatic rings. The van der Waals surface area contributed by atoms with E-state index in [-0.39, 0.29) is 0 Å². The molecule has 0 bridgehead atoms. The van der Waals surface area contributed by atoms with Crippen molar-refractivity contribution in [3.63, 3.8) is 0 Å². The summed E-state index contributed by atoms with van der Waals surface area (Å²) in [5.41, 5.74) is 3.46. The molecule has 20 heavy (non-hydrogen) atoms. The topological polar surface area (TPSA) is 64.1 Å². The Morgan fingerprint density at radius 1 is 1.20 bits per heavy atom. The van der Waals surface area contributed by atoms with Crippen LogP contribution in [0.5, 0.6) is 17.2 Å². The molecule has 0 aromatic heterocycles. The van der Waals surface area contributed by atoms with Gasteiger partial charge in [0.05, 0.1) is 27.5 Å². The van der Waals surface area contributed by atoms with Crippen molar-refractivity contribution in [2.24, 2.45) is 5.10 Å². The third kappa shape index (κ3) is 3.99. The summed E-state index contributed by atoms with van der Waals surface area (Å²) in [7, 11) is 4.69. The number of benzene rings is 1. The quantitative estimate of drug-likeness (QED) is 0.472. The SMILES string of the molecule is CCNC(=S)N/N=C\c1ccc(OC)c(OC)c1OC. The lowest BCUT2D eigenvalue weighted by Gasteiger charge is -2.13. The van der Waals surface area contributed by atoms with Gasteiger partial charge in [-0.2, -0.15) is 5.10 Å². The Kier molecular flexibility index (Phi) is 6.58. The van der Waals surface area contributed by atoms with E-state index in [2.05, 4.69) is 15.8 Å². The Morgan fingerprint density at radius 3 is 2.45 bits per heavy atom. The summed E-state index contributed by atoms with van der Waals surface area (Å²) in [4.78, 5) is 0. The van der Waals surface area contributed by atoms with Crippen molar-refractivity contribution in [2.45, 2.75) is 6.92 Å². The van der Waals surface area contributed by atoms with Gasteiger partial charge < -0.3 is 19.5 Å². The summed E-state index contributed by atoms with van der Waals surface area (Å²) < 4.78 is 15.8. The number of nitrogens with one attached hydrogen (secondary N) is 2. The highest BCUT2D eigenvalue weighted by Crippen LogP contribution is 2.38. The summed E-state index contributed by atoms with van der Waals surface area (Å²) >= 11 is 5.01. The molecule has 1 aromatic carbocycles. The molecule has 0 amide bonds. The maximum absolute atomic E-state index is 5.34. The van der Waals surface area contributed by atoms with Gasteiger partial charge in [-0.1, -0.05) is 0 Å². The summed E-state index contributed by atoms with van der Waals surface area (Å²) in [6.07, 6.45) is 1.60. The number of hydrogen-bond donors (Lipinski definition) is 2. The van der Waals surface area contributed by atoms with Gasteiger partial charge in [0.15, 0.2) is 16.6 Å². The standard InChI is InChI=1S/C13H19N3O3S/c1-5-14-13(20)16-15-8-9-6-7-10(17-2)12(19-4)11(9)18-3/h6-8H,5H2,1-4H3,(H2,14,16,20)/b15-8-. The van der Waals surface area contributed by atoms with Gasteiger partial charge >= 0.3 is 0 Å². The maximum atomic E-state index is 5.34. The van der Waals surface area contributed by atoms with E-state index < -0.39 is 0 Å². The third-order valence-electron chi connectivity index (χ3n) is 2.44. The van der Waals surface area contributed by atoms with E-state index in [0.29, 0.717) is 22.4 Å². The van der Waals surface area contributed by atoms with E-state index in [1.165, 1.54) is 0 Å². The molecule has 0 unspecified atom stereocenters. The van der Waals surface area contributed by atoms with Gasteiger partial charge in [-0.05, 0) is 31.3 Å². The summed E-state index contributed by atoms with van der Waals surface area (Å²) in [6, 6.07) is 3.60. The molecule has 0 heterocycles. The van der Waals surface area contributed by atoms with Crippen LogP contribution in [0.15, 0.2) is 17.2 Å². The van der Waals surface area contributed by atoms with Crippen molar-refractivity contribution in [1.29, 1.82) is 0 Å². The lowest BCUT2D eigenvalue weighted by Crippen LogP contribution is -2.31. The van der Waals surface area contributed by atoms with Gasteiger partial charge in [-0.3, -0.25) is 5.43 Å². The van der Waals surface area contributed by atoms with E-state index in [0.717, 1.165) is 12.1 Å². The second kappa shape index (κ2) is 8.21. The minimum atomic E-state index is 0.461. The number of ether oxygens (including phenoxy) is 3. The average molecular weight is 297 g/mol. The molecule has 1 rings (SSSR count). The van der Waals surface area contributed by atoms with Crippen LogP contribution in [-0.2, 0) is 0 Å². The minimum Gasteiger partial charge on any atom is -0.493 e. The fourth-order valence-electron chi connectivity index (χ4n) is 1.59. The van der Waals surface area contributed by atoms with Crippen LogP contribution >= 0.6 is 12.2 Å². The van der Waals surface area contributed by atoms with Crippen molar-refractivity contribution in [1.82, 2.24) is 10.7 Å². The molecular weight excluding hydrogens is 278 g/mol. The largest absolute Gasteiger partial charge is 0.493 e. The van der Waals surface area contributed by atoms with E-state index in [1.54, 1.807) is 33.6 Å². The van der Waals surface area contributed by atoms with Gasteiger partial charge in [0.1, 0.15) is 0 Å². The second-order valence-corrected chi connectivity index (χ2v) is 4.06. The number of hydrazone groups is 1. The second-order valence-electron chi connectivity index (χ2n) is 3.65. The van der Waals surface area contributed by atoms with E-state index in [4.69, 9.17) is 26.4 Å². The van der Waals surface area contributed by atoms with E-state index in [1.807, 2.05) is 13.0 Å². The van der Waals surface area contributed by atoms with Gasteiger partial charge in [-0.25, -0.2) is 0 Å². The van der Waals surface area contributed by atoms with Crippen molar-refractivity contribution in [2.75, 3.05) is 27.9 Å². The number of nitrogens with zero attached hydrogens (tertiary/aromatic N) is 1. The molecule has 1 aromatic rings. The molecule has 0 saturated carbocycles. The first kappa shape index (κ1) is 16.0. The third-order valence-corrected chi connectivity index (χ3v) is 2.68. The molecular formula is C13H19N3O3S. The molecule has 6 nitrogen and oxygen atoms in total. The highest BCUT2D eigenvalue weighted by molar-refractivity contribution is 7.80. The van der Waals surface area contributed by atoms with Crippen molar-refractivity contribution in [3.8, 4) is 17.2 Å². The molecule has 0 saturated heterocycles. The van der Waals surface area contributed by atoms with Crippen LogP contribution in [0.25, 0.3) is 0 Å². The Morgan fingerprint density at radius 2 is 1.90 bits per heavy atom. The van der Waals surface area contributed by atoms with Crippen LogP contribution < -0.4 is 25.0 Å². The van der Waals surface area contributed by atoms with Crippen LogP contribution in [0.1, 0.15) is 12.5 Å². The average Bonchev–Trinajstić information content (AvgIpc) is 2.46. The first-order chi connectivity index (χ1) is 9.67. The Bertz CT molecular complexity index is 492. The number of hydrogen-bond acceptors (Lipinski definition) is 5. The normalized spacial score (nSPS) is 10.2. The van der Waals surface area contributed by atoms with Gasteiger partial charge in [0.25, 0.3) is 0 Å². The first-order valence-corrected chi connectivity index (χ1v) is 6.44. The van der Waals surface area contributed by atoms with Crippen molar-refractivity contribution < 1.29 is 14.2 Å².